The van der Waals surface area contributed by atoms with Crippen molar-refractivity contribution in [3.05, 3.63) is 40.4 Å². The standard InChI is InChI=1S/C30H40N8O10S2/c1-28(2,32)11-10-17-13-33-23(34-17)16-6-8-19-15(12-16)7-9-20(46-19)30(5,26(41)42)47-37-21(18-14-49-27(31)35-18)24(39)36-22-25(40)38(29(22,3)4)48-50(43,44)45/h6,8,12,14,17,20,22H,7,9-11,13,32H2,1-5H3,(H2,31,35)(H,33,34)(H,36,39)(H,41,42)(H,43,44,45)/b37-21-/t17-,20-,22-,30+/m1/s1. The van der Waals surface area contributed by atoms with Crippen LogP contribution in [0.2, 0.25) is 0 Å². The first-order valence-corrected chi connectivity index (χ1v) is 17.8. The second-order valence-corrected chi connectivity index (χ2v) is 15.6. The summed E-state index contributed by atoms with van der Waals surface area (Å²) in [7, 11) is -5.03. The number of carboxylic acids is 1. The summed E-state index contributed by atoms with van der Waals surface area (Å²) in [6, 6.07) is 4.37. The summed E-state index contributed by atoms with van der Waals surface area (Å²) in [6.45, 7) is 8.63. The Bertz CT molecular complexity index is 1850. The molecule has 4 atom stereocenters. The monoisotopic (exact) mass is 736 g/mol. The normalized spacial score (nSPS) is 23.1. The van der Waals surface area contributed by atoms with Crippen LogP contribution in [0.5, 0.6) is 5.75 Å². The van der Waals surface area contributed by atoms with Crippen LogP contribution in [0.25, 0.3) is 0 Å². The number of aliphatic imine (C=N–C) groups is 1. The van der Waals surface area contributed by atoms with Crippen LogP contribution in [0.15, 0.2) is 33.7 Å². The topological polar surface area (TPSA) is 270 Å². The molecule has 18 nitrogen and oxygen atoms in total. The molecule has 3 aliphatic rings. The van der Waals surface area contributed by atoms with Crippen LogP contribution in [0, 0.1) is 0 Å². The molecule has 272 valence electrons. The second-order valence-electron chi connectivity index (χ2n) is 13.7. The molecule has 0 radical (unpaired) electrons. The number of anilines is 1. The number of hydrogen-bond acceptors (Lipinski definition) is 15. The fourth-order valence-electron chi connectivity index (χ4n) is 5.69. The molecule has 1 aromatic carbocycles. The number of β-lactam (4-membered cyclic amide) rings is 1. The van der Waals surface area contributed by atoms with E-state index >= 15 is 0 Å². The summed E-state index contributed by atoms with van der Waals surface area (Å²) in [4.78, 5) is 53.1. The molecule has 2 aromatic rings. The molecule has 4 heterocycles. The van der Waals surface area contributed by atoms with E-state index in [-0.39, 0.29) is 28.8 Å². The summed E-state index contributed by atoms with van der Waals surface area (Å²) in [6.07, 6.45) is 1.35. The van der Waals surface area contributed by atoms with E-state index in [9.17, 15) is 27.9 Å². The number of ether oxygens (including phenoxy) is 1. The van der Waals surface area contributed by atoms with Gasteiger partial charge in [0.25, 0.3) is 17.4 Å². The van der Waals surface area contributed by atoms with Crippen molar-refractivity contribution in [3.63, 3.8) is 0 Å². The molecule has 0 spiro atoms. The highest BCUT2D eigenvalue weighted by molar-refractivity contribution is 7.80. The number of carboxylic acid groups (broad SMARTS) is 1. The molecule has 1 saturated heterocycles. The van der Waals surface area contributed by atoms with Gasteiger partial charge in [0.1, 0.15) is 23.3 Å². The Labute approximate surface area is 292 Å². The zero-order chi connectivity index (χ0) is 36.8. The Morgan fingerprint density at radius 3 is 2.62 bits per heavy atom. The number of carbonyl (C=O) groups is 3. The molecule has 0 saturated carbocycles. The number of aryl methyl sites for hydroxylation is 1. The van der Waals surface area contributed by atoms with Gasteiger partial charge >= 0.3 is 16.4 Å². The fourth-order valence-corrected chi connectivity index (χ4v) is 6.69. The van der Waals surface area contributed by atoms with Gasteiger partial charge in [0.15, 0.2) is 16.9 Å². The molecule has 1 aromatic heterocycles. The van der Waals surface area contributed by atoms with E-state index in [0.717, 1.165) is 41.1 Å². The quantitative estimate of drug-likeness (QED) is 0.0718. The van der Waals surface area contributed by atoms with Gasteiger partial charge in [-0.2, -0.15) is 13.5 Å². The number of rotatable bonds is 13. The Balaban J connectivity index is 1.31. The number of amidine groups is 1. The first-order valence-electron chi connectivity index (χ1n) is 15.6. The minimum absolute atomic E-state index is 0.0645. The molecule has 0 unspecified atom stereocenters. The fraction of sp³-hybridized carbons (Fsp3) is 0.533. The maximum Gasteiger partial charge on any atom is 0.418 e. The number of carbonyl (C=O) groups excluding carboxylic acids is 2. The highest BCUT2D eigenvalue weighted by Crippen LogP contribution is 2.36. The number of hydroxylamine groups is 2. The summed E-state index contributed by atoms with van der Waals surface area (Å²) < 4.78 is 41.8. The smallest absolute Gasteiger partial charge is 0.418 e. The van der Waals surface area contributed by atoms with Crippen molar-refractivity contribution in [1.29, 1.82) is 0 Å². The lowest BCUT2D eigenvalue weighted by molar-refractivity contribution is -0.218. The van der Waals surface area contributed by atoms with Gasteiger partial charge in [0.2, 0.25) is 0 Å². The number of aliphatic carboxylic acids is 1. The SMILES string of the molecule is CC(C)(N)CC[C@@H]1CN=C(c2ccc3c(c2)CC[C@H]([C@](C)(O/N=C(\C(=O)N[C@@H]2C(=O)N(OS(=O)(=O)O)C2(C)C)c2csc(N)n2)C(=O)O)O3)N1. The summed E-state index contributed by atoms with van der Waals surface area (Å²) in [5.74, 6) is -2.20. The first-order chi connectivity index (χ1) is 23.2. The maximum absolute atomic E-state index is 13.5. The van der Waals surface area contributed by atoms with Crippen LogP contribution < -0.4 is 26.8 Å². The van der Waals surface area contributed by atoms with Crippen LogP contribution in [0.1, 0.15) is 70.7 Å². The number of oxime groups is 1. The Morgan fingerprint density at radius 1 is 1.30 bits per heavy atom. The second kappa shape index (κ2) is 13.4. The van der Waals surface area contributed by atoms with Crippen LogP contribution in [-0.4, -0.2) is 98.9 Å². The van der Waals surface area contributed by atoms with E-state index in [0.29, 0.717) is 23.8 Å². The van der Waals surface area contributed by atoms with Crippen LogP contribution in [0.3, 0.4) is 0 Å². The number of fused-ring (bicyclic) bond motifs is 1. The Hall–Kier alpha value is -4.37. The van der Waals surface area contributed by atoms with E-state index in [1.54, 1.807) is 6.07 Å². The first kappa shape index (κ1) is 36.9. The van der Waals surface area contributed by atoms with Gasteiger partial charge in [-0.3, -0.25) is 19.1 Å². The van der Waals surface area contributed by atoms with Gasteiger partial charge in [-0.1, -0.05) is 5.16 Å². The van der Waals surface area contributed by atoms with Gasteiger partial charge in [-0.15, -0.1) is 15.6 Å². The molecule has 3 aliphatic heterocycles. The molecule has 5 rings (SSSR count). The van der Waals surface area contributed by atoms with Crippen LogP contribution >= 0.6 is 11.3 Å². The number of benzene rings is 1. The van der Waals surface area contributed by atoms with Crippen LogP contribution in [0.4, 0.5) is 5.13 Å². The van der Waals surface area contributed by atoms with E-state index in [4.69, 9.17) is 25.6 Å². The van der Waals surface area contributed by atoms with Crippen molar-refractivity contribution >= 4 is 56.2 Å². The number of nitrogens with two attached hydrogens (primary N) is 2. The number of nitrogen functional groups attached to an aromatic ring is 1. The molecule has 8 N–H and O–H groups in total. The Morgan fingerprint density at radius 2 is 2.02 bits per heavy atom. The number of hydrogen-bond donors (Lipinski definition) is 6. The van der Waals surface area contributed by atoms with Crippen molar-refractivity contribution in [2.45, 2.75) is 95.2 Å². The minimum atomic E-state index is -5.03. The van der Waals surface area contributed by atoms with Gasteiger partial charge in [0, 0.05) is 22.5 Å². The molecule has 50 heavy (non-hydrogen) atoms. The zero-order valence-electron chi connectivity index (χ0n) is 28.0. The third kappa shape index (κ3) is 7.83. The van der Waals surface area contributed by atoms with Crippen molar-refractivity contribution in [3.8, 4) is 5.75 Å². The third-order valence-electron chi connectivity index (χ3n) is 8.69. The minimum Gasteiger partial charge on any atom is -0.485 e. The molecule has 0 bridgehead atoms. The highest BCUT2D eigenvalue weighted by atomic mass is 32.3. The van der Waals surface area contributed by atoms with E-state index < -0.39 is 57.2 Å². The maximum atomic E-state index is 13.5. The molecular weight excluding hydrogens is 697 g/mol. The van der Waals surface area contributed by atoms with E-state index in [1.165, 1.54) is 26.2 Å². The molecule has 20 heteroatoms. The summed E-state index contributed by atoms with van der Waals surface area (Å²) in [5.41, 5.74) is 9.24. The largest absolute Gasteiger partial charge is 0.485 e. The lowest BCUT2D eigenvalue weighted by Gasteiger charge is -2.50. The van der Waals surface area contributed by atoms with Crippen molar-refractivity contribution in [2.75, 3.05) is 12.3 Å². The number of aromatic nitrogens is 1. The predicted molar refractivity (Wildman–Crippen MR) is 181 cm³/mol. The average Bonchev–Trinajstić information content (AvgIpc) is 3.69. The summed E-state index contributed by atoms with van der Waals surface area (Å²) in [5, 5.41) is 21.9. The lowest BCUT2D eigenvalue weighted by Crippen LogP contribution is -2.76. The highest BCUT2D eigenvalue weighted by Gasteiger charge is 2.58. The average molecular weight is 737 g/mol. The van der Waals surface area contributed by atoms with E-state index in [1.807, 2.05) is 26.0 Å². The van der Waals surface area contributed by atoms with E-state index in [2.05, 4.69) is 30.0 Å². The molecule has 2 amide bonds. The Kier molecular flexibility index (Phi) is 9.89. The molecule has 0 aliphatic carbocycles. The van der Waals surface area contributed by atoms with Gasteiger partial charge < -0.3 is 36.8 Å². The molecule has 1 fully saturated rings. The molecular formula is C30H40N8O10S2. The number of amides is 2. The predicted octanol–water partition coefficient (Wildman–Crippen LogP) is 0.759. The van der Waals surface area contributed by atoms with Crippen LogP contribution in [-0.2, 0) is 40.3 Å². The van der Waals surface area contributed by atoms with Crippen molar-refractivity contribution in [2.24, 2.45) is 15.9 Å². The van der Waals surface area contributed by atoms with Crippen molar-refractivity contribution < 1.29 is 46.3 Å². The lowest BCUT2D eigenvalue weighted by atomic mass is 9.84. The summed E-state index contributed by atoms with van der Waals surface area (Å²) >= 11 is 0.971. The zero-order valence-corrected chi connectivity index (χ0v) is 29.6. The number of nitrogens with zero attached hydrogens (tertiary/aromatic N) is 4. The number of thiazole rings is 1. The van der Waals surface area contributed by atoms with Gasteiger partial charge in [-0.05, 0) is 84.1 Å². The van der Waals surface area contributed by atoms with Crippen molar-refractivity contribution in [1.82, 2.24) is 20.7 Å². The van der Waals surface area contributed by atoms with Gasteiger partial charge in [-0.25, -0.2) is 9.78 Å². The third-order valence-corrected chi connectivity index (χ3v) is 9.70. The number of nitrogens with one attached hydrogen (secondary N) is 2. The van der Waals surface area contributed by atoms with Gasteiger partial charge in [0.05, 0.1) is 12.1 Å².